The number of rotatable bonds is 3. The minimum Gasteiger partial charge on any atom is -0.497 e. The van der Waals surface area contributed by atoms with E-state index in [4.69, 9.17) is 9.47 Å². The number of aromatic nitrogens is 1. The fourth-order valence-electron chi connectivity index (χ4n) is 2.70. The molecule has 0 fully saturated rings. The molecule has 0 saturated carbocycles. The van der Waals surface area contributed by atoms with Crippen LogP contribution in [0.25, 0.3) is 10.9 Å². The van der Waals surface area contributed by atoms with Crippen molar-refractivity contribution in [2.45, 2.75) is 20.5 Å². The van der Waals surface area contributed by atoms with Crippen LogP contribution in [0, 0.1) is 13.8 Å². The van der Waals surface area contributed by atoms with Crippen LogP contribution < -0.4 is 4.74 Å². The maximum Gasteiger partial charge on any atom is 0.419 e. The molecule has 0 radical (unpaired) electrons. The Balaban J connectivity index is 1.92. The molecule has 1 heterocycles. The summed E-state index contributed by atoms with van der Waals surface area (Å²) in [5.41, 5.74) is 3.73. The Kier molecular flexibility index (Phi) is 4.06. The van der Waals surface area contributed by atoms with Crippen LogP contribution in [-0.2, 0) is 11.3 Å². The number of benzene rings is 2. The zero-order valence-electron chi connectivity index (χ0n) is 13.5. The number of carbonyl (C=O) groups is 1. The van der Waals surface area contributed by atoms with Crippen molar-refractivity contribution in [3.05, 3.63) is 65.4 Å². The van der Waals surface area contributed by atoms with E-state index in [0.717, 1.165) is 33.5 Å². The zero-order chi connectivity index (χ0) is 16.4. The zero-order valence-corrected chi connectivity index (χ0v) is 13.5. The predicted molar refractivity (Wildman–Crippen MR) is 90.0 cm³/mol. The molecule has 1 aromatic heterocycles. The number of carbonyl (C=O) groups excluding carboxylic acids is 1. The van der Waals surface area contributed by atoms with Gasteiger partial charge in [0.2, 0.25) is 0 Å². The van der Waals surface area contributed by atoms with E-state index in [2.05, 4.69) is 0 Å². The first-order valence-corrected chi connectivity index (χ1v) is 7.48. The summed E-state index contributed by atoms with van der Waals surface area (Å²) in [5, 5.41) is 0.999. The monoisotopic (exact) mass is 309 g/mol. The molecule has 3 rings (SSSR count). The summed E-state index contributed by atoms with van der Waals surface area (Å²) in [4.78, 5) is 12.5. The van der Waals surface area contributed by atoms with E-state index in [0.29, 0.717) is 0 Å². The average molecular weight is 309 g/mol. The number of hydrogen-bond donors (Lipinski definition) is 0. The van der Waals surface area contributed by atoms with E-state index in [1.54, 1.807) is 11.7 Å². The highest BCUT2D eigenvalue weighted by molar-refractivity contribution is 5.94. The van der Waals surface area contributed by atoms with Gasteiger partial charge >= 0.3 is 6.09 Å². The largest absolute Gasteiger partial charge is 0.497 e. The summed E-state index contributed by atoms with van der Waals surface area (Å²) < 4.78 is 12.4. The molecule has 0 aliphatic heterocycles. The standard InChI is InChI=1S/C19H19NO3/c1-13-14(2)20(18-10-9-16(22-3)11-17(13)18)19(21)23-12-15-7-5-4-6-8-15/h4-11H,12H2,1-3H3. The lowest BCUT2D eigenvalue weighted by Crippen LogP contribution is -2.15. The van der Waals surface area contributed by atoms with E-state index >= 15 is 0 Å². The number of ether oxygens (including phenoxy) is 2. The topological polar surface area (TPSA) is 40.5 Å². The molecule has 0 N–H and O–H groups in total. The fourth-order valence-corrected chi connectivity index (χ4v) is 2.70. The second-order valence-electron chi connectivity index (χ2n) is 5.47. The summed E-state index contributed by atoms with van der Waals surface area (Å²) in [5.74, 6) is 0.774. The molecule has 0 spiro atoms. The van der Waals surface area contributed by atoms with Crippen LogP contribution in [-0.4, -0.2) is 17.8 Å². The molecule has 3 aromatic rings. The molecule has 0 amide bonds. The molecular weight excluding hydrogens is 290 g/mol. The average Bonchev–Trinajstić information content (AvgIpc) is 2.84. The maximum atomic E-state index is 12.5. The third-order valence-corrected chi connectivity index (χ3v) is 4.11. The van der Waals surface area contributed by atoms with Gasteiger partial charge in [0.15, 0.2) is 0 Å². The van der Waals surface area contributed by atoms with E-state index in [1.165, 1.54) is 0 Å². The van der Waals surface area contributed by atoms with E-state index < -0.39 is 0 Å². The number of aryl methyl sites for hydroxylation is 1. The molecule has 0 aliphatic rings. The van der Waals surface area contributed by atoms with Crippen molar-refractivity contribution >= 4 is 17.0 Å². The predicted octanol–water partition coefficient (Wildman–Crippen LogP) is 4.45. The van der Waals surface area contributed by atoms with Gasteiger partial charge in [-0.1, -0.05) is 30.3 Å². The van der Waals surface area contributed by atoms with Gasteiger partial charge in [-0.2, -0.15) is 0 Å². The Hall–Kier alpha value is -2.75. The first kappa shape index (κ1) is 15.2. The van der Waals surface area contributed by atoms with Crippen LogP contribution in [0.3, 0.4) is 0 Å². The number of methoxy groups -OCH3 is 1. The Morgan fingerprint density at radius 3 is 2.52 bits per heavy atom. The second kappa shape index (κ2) is 6.16. The highest BCUT2D eigenvalue weighted by Gasteiger charge is 2.18. The van der Waals surface area contributed by atoms with Gasteiger partial charge in [0.25, 0.3) is 0 Å². The van der Waals surface area contributed by atoms with Gasteiger partial charge in [0.05, 0.1) is 12.6 Å². The van der Waals surface area contributed by atoms with Crippen LogP contribution in [0.2, 0.25) is 0 Å². The highest BCUT2D eigenvalue weighted by atomic mass is 16.5. The first-order valence-electron chi connectivity index (χ1n) is 7.48. The van der Waals surface area contributed by atoms with Crippen LogP contribution in [0.15, 0.2) is 48.5 Å². The van der Waals surface area contributed by atoms with Gasteiger partial charge in [0.1, 0.15) is 12.4 Å². The van der Waals surface area contributed by atoms with Crippen molar-refractivity contribution in [2.75, 3.05) is 7.11 Å². The van der Waals surface area contributed by atoms with Gasteiger partial charge in [-0.25, -0.2) is 9.36 Å². The lowest BCUT2D eigenvalue weighted by atomic mass is 10.1. The smallest absolute Gasteiger partial charge is 0.419 e. The molecule has 0 atom stereocenters. The Bertz CT molecular complexity index is 850. The van der Waals surface area contributed by atoms with Crippen LogP contribution in [0.1, 0.15) is 16.8 Å². The van der Waals surface area contributed by atoms with Gasteiger partial charge in [0, 0.05) is 11.1 Å². The molecule has 0 saturated heterocycles. The summed E-state index contributed by atoms with van der Waals surface area (Å²) in [6.45, 7) is 4.18. The summed E-state index contributed by atoms with van der Waals surface area (Å²) in [6, 6.07) is 15.3. The molecule has 4 heteroatoms. The van der Waals surface area contributed by atoms with Crippen molar-refractivity contribution in [2.24, 2.45) is 0 Å². The number of hydrogen-bond acceptors (Lipinski definition) is 3. The van der Waals surface area contributed by atoms with Crippen LogP contribution >= 0.6 is 0 Å². The molecule has 0 aliphatic carbocycles. The van der Waals surface area contributed by atoms with Crippen LogP contribution in [0.4, 0.5) is 4.79 Å². The van der Waals surface area contributed by atoms with Crippen molar-refractivity contribution in [1.29, 1.82) is 0 Å². The van der Waals surface area contributed by atoms with E-state index in [9.17, 15) is 4.79 Å². The van der Waals surface area contributed by atoms with E-state index in [-0.39, 0.29) is 12.7 Å². The Labute approximate surface area is 135 Å². The van der Waals surface area contributed by atoms with Crippen molar-refractivity contribution < 1.29 is 14.3 Å². The van der Waals surface area contributed by atoms with Gasteiger partial charge < -0.3 is 9.47 Å². The van der Waals surface area contributed by atoms with Crippen molar-refractivity contribution in [1.82, 2.24) is 4.57 Å². The lowest BCUT2D eigenvalue weighted by Gasteiger charge is -2.09. The highest BCUT2D eigenvalue weighted by Crippen LogP contribution is 2.29. The Morgan fingerprint density at radius 1 is 1.09 bits per heavy atom. The van der Waals surface area contributed by atoms with Crippen LogP contribution in [0.5, 0.6) is 5.75 Å². The SMILES string of the molecule is COc1ccc2c(c1)c(C)c(C)n2C(=O)OCc1ccccc1. The normalized spacial score (nSPS) is 10.7. The first-order chi connectivity index (χ1) is 11.1. The van der Waals surface area contributed by atoms with Gasteiger partial charge in [-0.3, -0.25) is 0 Å². The van der Waals surface area contributed by atoms with Gasteiger partial charge in [-0.15, -0.1) is 0 Å². The summed E-state index contributed by atoms with van der Waals surface area (Å²) >= 11 is 0. The Morgan fingerprint density at radius 2 is 1.83 bits per heavy atom. The molecular formula is C19H19NO3. The lowest BCUT2D eigenvalue weighted by molar-refractivity contribution is 0.142. The summed E-state index contributed by atoms with van der Waals surface area (Å²) in [6.07, 6.45) is -0.366. The third kappa shape index (κ3) is 2.80. The molecule has 4 nitrogen and oxygen atoms in total. The van der Waals surface area contributed by atoms with Crippen molar-refractivity contribution in [3.8, 4) is 5.75 Å². The summed E-state index contributed by atoms with van der Waals surface area (Å²) in [7, 11) is 1.63. The maximum absolute atomic E-state index is 12.5. The second-order valence-corrected chi connectivity index (χ2v) is 5.47. The van der Waals surface area contributed by atoms with E-state index in [1.807, 2.05) is 62.4 Å². The molecule has 0 unspecified atom stereocenters. The molecule has 2 aromatic carbocycles. The quantitative estimate of drug-likeness (QED) is 0.717. The van der Waals surface area contributed by atoms with Crippen molar-refractivity contribution in [3.63, 3.8) is 0 Å². The minimum atomic E-state index is -0.366. The molecule has 23 heavy (non-hydrogen) atoms. The third-order valence-electron chi connectivity index (χ3n) is 4.11. The number of fused-ring (bicyclic) bond motifs is 1. The minimum absolute atomic E-state index is 0.258. The molecule has 118 valence electrons. The number of nitrogens with zero attached hydrogens (tertiary/aromatic N) is 1. The fraction of sp³-hybridized carbons (Fsp3) is 0.211. The van der Waals surface area contributed by atoms with Gasteiger partial charge in [-0.05, 0) is 43.2 Å². The molecule has 0 bridgehead atoms.